The molecule has 2 nitrogen and oxygen atoms in total. The van der Waals surface area contributed by atoms with Crippen molar-refractivity contribution in [3.05, 3.63) is 71.8 Å². The lowest BCUT2D eigenvalue weighted by molar-refractivity contribution is 0.304. The Morgan fingerprint density at radius 2 is 1.65 bits per heavy atom. The second-order valence-electron chi connectivity index (χ2n) is 5.46. The molecule has 2 atom stereocenters. The molecule has 20 heavy (non-hydrogen) atoms. The van der Waals surface area contributed by atoms with Gasteiger partial charge in [-0.1, -0.05) is 60.7 Å². The van der Waals surface area contributed by atoms with Gasteiger partial charge in [-0.15, -0.1) is 0 Å². The van der Waals surface area contributed by atoms with Crippen molar-refractivity contribution in [3.63, 3.8) is 0 Å². The monoisotopic (exact) mass is 266 g/mol. The summed E-state index contributed by atoms with van der Waals surface area (Å²) >= 11 is 0. The van der Waals surface area contributed by atoms with Gasteiger partial charge in [0.1, 0.15) is 0 Å². The molecule has 1 fully saturated rings. The average molecular weight is 266 g/mol. The second kappa shape index (κ2) is 6.69. The second-order valence-corrected chi connectivity index (χ2v) is 5.46. The zero-order valence-electron chi connectivity index (χ0n) is 11.8. The van der Waals surface area contributed by atoms with Crippen LogP contribution in [0.4, 0.5) is 0 Å². The molecule has 1 aliphatic heterocycles. The molecule has 0 bridgehead atoms. The summed E-state index contributed by atoms with van der Waals surface area (Å²) in [5.41, 5.74) is 2.74. The molecule has 1 heterocycles. The predicted molar refractivity (Wildman–Crippen MR) is 83.5 cm³/mol. The Morgan fingerprint density at radius 3 is 2.40 bits per heavy atom. The van der Waals surface area contributed by atoms with Crippen molar-refractivity contribution in [1.29, 1.82) is 0 Å². The summed E-state index contributed by atoms with van der Waals surface area (Å²) in [5, 5.41) is 7.38. The van der Waals surface area contributed by atoms with E-state index in [0.717, 1.165) is 13.1 Å². The van der Waals surface area contributed by atoms with Gasteiger partial charge in [-0.05, 0) is 30.5 Å². The topological polar surface area (TPSA) is 24.1 Å². The van der Waals surface area contributed by atoms with Gasteiger partial charge in [0.2, 0.25) is 0 Å². The van der Waals surface area contributed by atoms with E-state index >= 15 is 0 Å². The number of hydrogen-bond acceptors (Lipinski definition) is 2. The van der Waals surface area contributed by atoms with Crippen molar-refractivity contribution in [2.75, 3.05) is 6.54 Å². The van der Waals surface area contributed by atoms with Crippen molar-refractivity contribution in [2.24, 2.45) is 0 Å². The normalized spacial score (nSPS) is 22.6. The Hall–Kier alpha value is -1.64. The molecule has 0 amide bonds. The third-order valence-corrected chi connectivity index (χ3v) is 4.03. The zero-order chi connectivity index (χ0) is 13.6. The molecule has 1 saturated heterocycles. The molecule has 0 aliphatic carbocycles. The number of benzene rings is 2. The highest BCUT2D eigenvalue weighted by atomic mass is 15.0. The van der Waals surface area contributed by atoms with Crippen molar-refractivity contribution in [3.8, 4) is 0 Å². The molecule has 1 aliphatic rings. The highest BCUT2D eigenvalue weighted by molar-refractivity contribution is 5.22. The van der Waals surface area contributed by atoms with Crippen molar-refractivity contribution >= 4 is 0 Å². The molecule has 0 saturated carbocycles. The Labute approximate surface area is 121 Å². The van der Waals surface area contributed by atoms with E-state index in [4.69, 9.17) is 0 Å². The van der Waals surface area contributed by atoms with Crippen LogP contribution < -0.4 is 10.6 Å². The highest BCUT2D eigenvalue weighted by Gasteiger charge is 2.25. The zero-order valence-corrected chi connectivity index (χ0v) is 11.8. The maximum Gasteiger partial charge on any atom is 0.0476 e. The molecule has 2 aromatic rings. The quantitative estimate of drug-likeness (QED) is 0.887. The summed E-state index contributed by atoms with van der Waals surface area (Å²) in [6.45, 7) is 2.06. The molecule has 0 aromatic heterocycles. The molecule has 2 aromatic carbocycles. The number of hydrogen-bond donors (Lipinski definition) is 2. The van der Waals surface area contributed by atoms with Crippen LogP contribution in [0.15, 0.2) is 60.7 Å². The maximum absolute atomic E-state index is 3.72. The number of nitrogens with one attached hydrogen (secondary N) is 2. The first-order chi connectivity index (χ1) is 9.93. The first-order valence-corrected chi connectivity index (χ1v) is 7.49. The molecule has 0 radical (unpaired) electrons. The first-order valence-electron chi connectivity index (χ1n) is 7.49. The fourth-order valence-corrected chi connectivity index (χ4v) is 2.96. The van der Waals surface area contributed by atoms with Crippen molar-refractivity contribution in [1.82, 2.24) is 10.6 Å². The van der Waals surface area contributed by atoms with Gasteiger partial charge in [-0.25, -0.2) is 0 Å². The van der Waals surface area contributed by atoms with Crippen molar-refractivity contribution in [2.45, 2.75) is 31.5 Å². The first kappa shape index (κ1) is 13.3. The van der Waals surface area contributed by atoms with Gasteiger partial charge < -0.3 is 10.6 Å². The standard InChI is InChI=1S/C18H22N2/c1-3-8-15(9-4-1)14-20-17-12-7-13-19-18(17)16-10-5-2-6-11-16/h1-6,8-11,17-20H,7,12-14H2/t17-,18+/m0/s1. The largest absolute Gasteiger partial charge is 0.309 e. The Kier molecular flexibility index (Phi) is 4.46. The van der Waals surface area contributed by atoms with E-state index in [1.54, 1.807) is 0 Å². The van der Waals surface area contributed by atoms with Gasteiger partial charge in [0, 0.05) is 18.6 Å². The van der Waals surface area contributed by atoms with E-state index in [1.165, 1.54) is 24.0 Å². The van der Waals surface area contributed by atoms with Crippen LogP contribution in [0, 0.1) is 0 Å². The SMILES string of the molecule is c1ccc(CN[C@H]2CCCN[C@@H]2c2ccccc2)cc1. The van der Waals surface area contributed by atoms with Gasteiger partial charge in [-0.3, -0.25) is 0 Å². The highest BCUT2D eigenvalue weighted by Crippen LogP contribution is 2.23. The van der Waals surface area contributed by atoms with Crippen LogP contribution in [0.1, 0.15) is 30.0 Å². The lowest BCUT2D eigenvalue weighted by Gasteiger charge is -2.34. The summed E-state index contributed by atoms with van der Waals surface area (Å²) in [7, 11) is 0. The molecule has 104 valence electrons. The third kappa shape index (κ3) is 3.27. The van der Waals surface area contributed by atoms with Crippen LogP contribution in [-0.2, 0) is 6.54 Å². The molecule has 2 N–H and O–H groups in total. The smallest absolute Gasteiger partial charge is 0.0476 e. The minimum Gasteiger partial charge on any atom is -0.309 e. The van der Waals surface area contributed by atoms with E-state index in [0.29, 0.717) is 12.1 Å². The summed E-state index contributed by atoms with van der Waals surface area (Å²) < 4.78 is 0. The molecule has 0 unspecified atom stereocenters. The maximum atomic E-state index is 3.72. The Bertz CT molecular complexity index is 509. The van der Waals surface area contributed by atoms with E-state index in [2.05, 4.69) is 71.3 Å². The van der Waals surface area contributed by atoms with Gasteiger partial charge in [0.25, 0.3) is 0 Å². The Morgan fingerprint density at radius 1 is 0.950 bits per heavy atom. The fourth-order valence-electron chi connectivity index (χ4n) is 2.96. The number of piperidine rings is 1. The summed E-state index contributed by atoms with van der Waals surface area (Å²) in [6.07, 6.45) is 2.48. The van der Waals surface area contributed by atoms with Crippen LogP contribution in [0.25, 0.3) is 0 Å². The lowest BCUT2D eigenvalue weighted by atomic mass is 9.92. The summed E-state index contributed by atoms with van der Waals surface area (Å²) in [4.78, 5) is 0. The minimum absolute atomic E-state index is 0.425. The van der Waals surface area contributed by atoms with Crippen molar-refractivity contribution < 1.29 is 0 Å². The molecular formula is C18H22N2. The summed E-state index contributed by atoms with van der Waals surface area (Å²) in [6, 6.07) is 22.3. The van der Waals surface area contributed by atoms with E-state index in [9.17, 15) is 0 Å². The van der Waals surface area contributed by atoms with Crippen LogP contribution in [0.3, 0.4) is 0 Å². The van der Waals surface area contributed by atoms with Gasteiger partial charge in [0.05, 0.1) is 0 Å². The van der Waals surface area contributed by atoms with Gasteiger partial charge >= 0.3 is 0 Å². The predicted octanol–water partition coefficient (Wildman–Crippen LogP) is 3.27. The molecule has 3 rings (SSSR count). The molecule has 2 heteroatoms. The van der Waals surface area contributed by atoms with Crippen LogP contribution >= 0.6 is 0 Å². The van der Waals surface area contributed by atoms with E-state index < -0.39 is 0 Å². The Balaban J connectivity index is 1.67. The van der Waals surface area contributed by atoms with Crippen LogP contribution in [0.2, 0.25) is 0 Å². The van der Waals surface area contributed by atoms with Gasteiger partial charge in [0.15, 0.2) is 0 Å². The summed E-state index contributed by atoms with van der Waals surface area (Å²) in [5.74, 6) is 0. The average Bonchev–Trinajstić information content (AvgIpc) is 2.55. The molecular weight excluding hydrogens is 244 g/mol. The third-order valence-electron chi connectivity index (χ3n) is 4.03. The fraction of sp³-hybridized carbons (Fsp3) is 0.333. The van der Waals surface area contributed by atoms with Crippen LogP contribution in [0.5, 0.6) is 0 Å². The van der Waals surface area contributed by atoms with E-state index in [1.807, 2.05) is 0 Å². The minimum atomic E-state index is 0.425. The van der Waals surface area contributed by atoms with Gasteiger partial charge in [-0.2, -0.15) is 0 Å². The lowest BCUT2D eigenvalue weighted by Crippen LogP contribution is -2.45. The van der Waals surface area contributed by atoms with E-state index in [-0.39, 0.29) is 0 Å². The van der Waals surface area contributed by atoms with Crippen LogP contribution in [-0.4, -0.2) is 12.6 Å². The number of rotatable bonds is 4. The molecule has 0 spiro atoms.